The van der Waals surface area contributed by atoms with Crippen LogP contribution in [0.5, 0.6) is 0 Å². The van der Waals surface area contributed by atoms with Gasteiger partial charge in [0.25, 0.3) is 0 Å². The van der Waals surface area contributed by atoms with Gasteiger partial charge in [-0.25, -0.2) is 0 Å². The number of aliphatic hydroxyl groups is 1. The first kappa shape index (κ1) is 8.07. The second kappa shape index (κ2) is 3.98. The topological polar surface area (TPSA) is 67.8 Å². The molecule has 0 spiro atoms. The van der Waals surface area contributed by atoms with Gasteiger partial charge in [-0.3, -0.25) is 4.99 Å². The zero-order chi connectivity index (χ0) is 8.10. The summed E-state index contributed by atoms with van der Waals surface area (Å²) in [4.78, 5) is 4.06. The fourth-order valence-corrected chi connectivity index (χ4v) is 0.846. The Morgan fingerprint density at radius 3 is 3.09 bits per heavy atom. The molecule has 0 aliphatic carbocycles. The van der Waals surface area contributed by atoms with Crippen molar-refractivity contribution >= 4 is 5.90 Å². The van der Waals surface area contributed by atoms with E-state index in [9.17, 15) is 0 Å². The van der Waals surface area contributed by atoms with E-state index in [-0.39, 0.29) is 6.61 Å². The molecule has 3 N–H and O–H groups in total. The molecule has 0 fully saturated rings. The average molecular weight is 156 g/mol. The number of ether oxygens (including phenoxy) is 1. The van der Waals surface area contributed by atoms with Crippen molar-refractivity contribution in [2.24, 2.45) is 10.7 Å². The van der Waals surface area contributed by atoms with Crippen LogP contribution in [0.3, 0.4) is 0 Å². The third-order valence-electron chi connectivity index (χ3n) is 1.44. The monoisotopic (exact) mass is 156 g/mol. The molecule has 1 aliphatic heterocycles. The van der Waals surface area contributed by atoms with Crippen LogP contribution in [-0.4, -0.2) is 30.8 Å². The van der Waals surface area contributed by atoms with Crippen molar-refractivity contribution in [1.29, 1.82) is 0 Å². The van der Waals surface area contributed by atoms with Crippen molar-refractivity contribution in [1.82, 2.24) is 0 Å². The van der Waals surface area contributed by atoms with Gasteiger partial charge in [-0.15, -0.1) is 0 Å². The van der Waals surface area contributed by atoms with Crippen molar-refractivity contribution in [2.75, 3.05) is 19.8 Å². The molecule has 4 nitrogen and oxygen atoms in total. The SMILES string of the molecule is NC=C(CO)C1=NCCCO1. The normalized spacial score (nSPS) is 19.0. The highest BCUT2D eigenvalue weighted by Crippen LogP contribution is 2.04. The smallest absolute Gasteiger partial charge is 0.215 e. The first-order valence-corrected chi connectivity index (χ1v) is 3.57. The number of aliphatic hydroxyl groups excluding tert-OH is 1. The van der Waals surface area contributed by atoms with Crippen LogP contribution in [0.15, 0.2) is 16.8 Å². The van der Waals surface area contributed by atoms with Crippen molar-refractivity contribution < 1.29 is 9.84 Å². The summed E-state index contributed by atoms with van der Waals surface area (Å²) in [5.74, 6) is 0.487. The number of rotatable bonds is 2. The van der Waals surface area contributed by atoms with Crippen molar-refractivity contribution in [2.45, 2.75) is 6.42 Å². The standard InChI is InChI=1S/C7H12N2O2/c8-4-6(5-10)7-9-2-1-3-11-7/h4,10H,1-3,5,8H2. The molecule has 0 aromatic rings. The Kier molecular flexibility index (Phi) is 2.92. The van der Waals surface area contributed by atoms with E-state index in [4.69, 9.17) is 15.6 Å². The third-order valence-corrected chi connectivity index (χ3v) is 1.44. The summed E-state index contributed by atoms with van der Waals surface area (Å²) < 4.78 is 5.16. The summed E-state index contributed by atoms with van der Waals surface area (Å²) in [5, 5.41) is 8.77. The van der Waals surface area contributed by atoms with E-state index in [2.05, 4.69) is 4.99 Å². The first-order chi connectivity index (χ1) is 5.38. The Morgan fingerprint density at radius 1 is 1.82 bits per heavy atom. The van der Waals surface area contributed by atoms with E-state index < -0.39 is 0 Å². The van der Waals surface area contributed by atoms with Gasteiger partial charge in [-0.2, -0.15) is 0 Å². The molecule has 0 unspecified atom stereocenters. The van der Waals surface area contributed by atoms with E-state index in [0.29, 0.717) is 18.1 Å². The Bertz CT molecular complexity index is 187. The minimum absolute atomic E-state index is 0.116. The second-order valence-corrected chi connectivity index (χ2v) is 2.24. The van der Waals surface area contributed by atoms with E-state index in [1.54, 1.807) is 0 Å². The first-order valence-electron chi connectivity index (χ1n) is 3.57. The molecule has 4 heteroatoms. The lowest BCUT2D eigenvalue weighted by atomic mass is 10.3. The number of hydrogen-bond acceptors (Lipinski definition) is 4. The molecule has 1 heterocycles. The molecular formula is C7H12N2O2. The zero-order valence-electron chi connectivity index (χ0n) is 6.29. The van der Waals surface area contributed by atoms with Gasteiger partial charge >= 0.3 is 0 Å². The van der Waals surface area contributed by atoms with Gasteiger partial charge in [-0.05, 0) is 0 Å². The van der Waals surface area contributed by atoms with Gasteiger partial charge < -0.3 is 15.6 Å². The molecule has 1 rings (SSSR count). The van der Waals surface area contributed by atoms with Crippen LogP contribution < -0.4 is 5.73 Å². The summed E-state index contributed by atoms with van der Waals surface area (Å²) >= 11 is 0. The fourth-order valence-electron chi connectivity index (χ4n) is 0.846. The highest BCUT2D eigenvalue weighted by Gasteiger charge is 2.09. The zero-order valence-corrected chi connectivity index (χ0v) is 6.29. The van der Waals surface area contributed by atoms with Gasteiger partial charge in [0.1, 0.15) is 0 Å². The van der Waals surface area contributed by atoms with Gasteiger partial charge in [0.05, 0.1) is 18.8 Å². The summed E-state index contributed by atoms with van der Waals surface area (Å²) in [7, 11) is 0. The Balaban J connectivity index is 2.63. The van der Waals surface area contributed by atoms with Crippen LogP contribution in [0.25, 0.3) is 0 Å². The molecular weight excluding hydrogens is 144 g/mol. The Labute approximate surface area is 65.4 Å². The lowest BCUT2D eigenvalue weighted by Crippen LogP contribution is -2.18. The fraction of sp³-hybridized carbons (Fsp3) is 0.571. The van der Waals surface area contributed by atoms with Gasteiger partial charge in [0, 0.05) is 19.2 Å². The molecule has 11 heavy (non-hydrogen) atoms. The molecule has 0 atom stereocenters. The van der Waals surface area contributed by atoms with Crippen LogP contribution in [0.2, 0.25) is 0 Å². The minimum atomic E-state index is -0.116. The molecule has 1 aliphatic rings. The molecule has 62 valence electrons. The van der Waals surface area contributed by atoms with Crippen LogP contribution >= 0.6 is 0 Å². The summed E-state index contributed by atoms with van der Waals surface area (Å²) in [6, 6.07) is 0. The van der Waals surface area contributed by atoms with E-state index in [1.807, 2.05) is 0 Å². The average Bonchev–Trinajstić information content (AvgIpc) is 2.09. The van der Waals surface area contributed by atoms with Gasteiger partial charge in [-0.1, -0.05) is 0 Å². The second-order valence-electron chi connectivity index (χ2n) is 2.24. The van der Waals surface area contributed by atoms with Crippen molar-refractivity contribution in [3.05, 3.63) is 11.8 Å². The maximum absolute atomic E-state index is 8.77. The van der Waals surface area contributed by atoms with E-state index in [0.717, 1.165) is 13.0 Å². The van der Waals surface area contributed by atoms with Gasteiger partial charge in [0.15, 0.2) is 0 Å². The summed E-state index contributed by atoms with van der Waals surface area (Å²) in [6.45, 7) is 1.30. The van der Waals surface area contributed by atoms with Crippen LogP contribution in [-0.2, 0) is 4.74 Å². The third kappa shape index (κ3) is 1.94. The minimum Gasteiger partial charge on any atom is -0.478 e. The number of hydrogen-bond donors (Lipinski definition) is 2. The number of nitrogens with zero attached hydrogens (tertiary/aromatic N) is 1. The number of nitrogens with two attached hydrogens (primary N) is 1. The molecule has 0 bridgehead atoms. The summed E-state index contributed by atoms with van der Waals surface area (Å²) in [5.41, 5.74) is 5.79. The highest BCUT2D eigenvalue weighted by molar-refractivity contribution is 5.93. The lowest BCUT2D eigenvalue weighted by Gasteiger charge is -2.14. The Hall–Kier alpha value is -1.03. The lowest BCUT2D eigenvalue weighted by molar-refractivity contribution is 0.272. The van der Waals surface area contributed by atoms with E-state index >= 15 is 0 Å². The molecule has 0 aromatic carbocycles. The molecule has 0 amide bonds. The Morgan fingerprint density at radius 2 is 2.64 bits per heavy atom. The van der Waals surface area contributed by atoms with Gasteiger partial charge in [0.2, 0.25) is 5.90 Å². The molecule has 0 aromatic heterocycles. The predicted molar refractivity (Wildman–Crippen MR) is 42.2 cm³/mol. The van der Waals surface area contributed by atoms with E-state index in [1.165, 1.54) is 6.20 Å². The molecule has 0 saturated heterocycles. The van der Waals surface area contributed by atoms with Crippen LogP contribution in [0, 0.1) is 0 Å². The highest BCUT2D eigenvalue weighted by atomic mass is 16.5. The molecule has 0 saturated carbocycles. The van der Waals surface area contributed by atoms with Crippen molar-refractivity contribution in [3.63, 3.8) is 0 Å². The number of aliphatic imine (C=N–C) groups is 1. The molecule has 0 radical (unpaired) electrons. The van der Waals surface area contributed by atoms with Crippen LogP contribution in [0.4, 0.5) is 0 Å². The van der Waals surface area contributed by atoms with Crippen molar-refractivity contribution in [3.8, 4) is 0 Å². The summed E-state index contributed by atoms with van der Waals surface area (Å²) in [6.07, 6.45) is 2.26. The van der Waals surface area contributed by atoms with Crippen LogP contribution in [0.1, 0.15) is 6.42 Å². The maximum atomic E-state index is 8.77. The predicted octanol–water partition coefficient (Wildman–Crippen LogP) is -0.360. The largest absolute Gasteiger partial charge is 0.478 e. The maximum Gasteiger partial charge on any atom is 0.215 e. The quantitative estimate of drug-likeness (QED) is 0.573.